The Hall–Kier alpha value is -2.57. The maximum Gasteiger partial charge on any atom is 0.265 e. The van der Waals surface area contributed by atoms with Crippen molar-refractivity contribution in [3.63, 3.8) is 0 Å². The van der Waals surface area contributed by atoms with Gasteiger partial charge < -0.3 is 14.4 Å². The zero-order valence-electron chi connectivity index (χ0n) is 16.9. The van der Waals surface area contributed by atoms with E-state index in [0.29, 0.717) is 34.4 Å². The lowest BCUT2D eigenvalue weighted by molar-refractivity contribution is 0.0800. The zero-order valence-corrected chi connectivity index (χ0v) is 18.4. The highest BCUT2D eigenvalue weighted by atomic mass is 35.5. The van der Waals surface area contributed by atoms with Crippen molar-refractivity contribution >= 4 is 28.8 Å². The number of benzene rings is 2. The van der Waals surface area contributed by atoms with Crippen LogP contribution in [0.4, 0.5) is 0 Å². The fraction of sp³-hybridized carbons (Fsp3) is 0.273. The van der Waals surface area contributed by atoms with Gasteiger partial charge in [0, 0.05) is 24.2 Å². The van der Waals surface area contributed by atoms with Crippen LogP contribution in [0.3, 0.4) is 0 Å². The summed E-state index contributed by atoms with van der Waals surface area (Å²) in [7, 11) is 5.03. The summed E-state index contributed by atoms with van der Waals surface area (Å²) in [6.07, 6.45) is 0.710. The van der Waals surface area contributed by atoms with Crippen LogP contribution in [0.25, 0.3) is 10.6 Å². The molecule has 0 fully saturated rings. The van der Waals surface area contributed by atoms with Crippen molar-refractivity contribution in [1.29, 1.82) is 0 Å². The number of thiazole rings is 1. The highest BCUT2D eigenvalue weighted by Crippen LogP contribution is 2.30. The molecule has 3 rings (SSSR count). The van der Waals surface area contributed by atoms with E-state index in [2.05, 4.69) is 4.98 Å². The van der Waals surface area contributed by atoms with Gasteiger partial charge in [0.1, 0.15) is 9.88 Å². The fourth-order valence-corrected chi connectivity index (χ4v) is 4.20. The minimum atomic E-state index is -0.0336. The maximum atomic E-state index is 12.9. The molecule has 0 N–H and O–H groups in total. The molecule has 0 aliphatic rings. The van der Waals surface area contributed by atoms with Gasteiger partial charge >= 0.3 is 0 Å². The molecule has 1 aromatic heterocycles. The highest BCUT2D eigenvalue weighted by Gasteiger charge is 2.20. The number of nitrogens with zero attached hydrogens (tertiary/aromatic N) is 2. The van der Waals surface area contributed by atoms with Gasteiger partial charge in [-0.15, -0.1) is 11.3 Å². The Balaban J connectivity index is 1.71. The van der Waals surface area contributed by atoms with Crippen molar-refractivity contribution in [3.05, 3.63) is 63.6 Å². The van der Waals surface area contributed by atoms with Crippen LogP contribution >= 0.6 is 22.9 Å². The van der Waals surface area contributed by atoms with Crippen LogP contribution in [0.2, 0.25) is 5.02 Å². The lowest BCUT2D eigenvalue weighted by Crippen LogP contribution is -2.28. The molecule has 0 spiro atoms. The monoisotopic (exact) mass is 430 g/mol. The quantitative estimate of drug-likeness (QED) is 0.523. The Morgan fingerprint density at radius 1 is 1.14 bits per heavy atom. The van der Waals surface area contributed by atoms with E-state index in [0.717, 1.165) is 21.8 Å². The van der Waals surface area contributed by atoms with Gasteiger partial charge in [-0.1, -0.05) is 29.8 Å². The lowest BCUT2D eigenvalue weighted by atomic mass is 10.1. The average molecular weight is 431 g/mol. The Labute approximate surface area is 179 Å². The van der Waals surface area contributed by atoms with Crippen LogP contribution < -0.4 is 9.47 Å². The third-order valence-corrected chi connectivity index (χ3v) is 6.02. The molecule has 0 saturated heterocycles. The molecule has 7 heteroatoms. The molecule has 0 radical (unpaired) electrons. The number of carbonyl (C=O) groups excluding carboxylic acids is 1. The molecule has 5 nitrogen and oxygen atoms in total. The molecule has 0 bridgehead atoms. The van der Waals surface area contributed by atoms with Crippen LogP contribution in [0.15, 0.2) is 42.5 Å². The number of hydrogen-bond donors (Lipinski definition) is 0. The van der Waals surface area contributed by atoms with Gasteiger partial charge in [0.05, 0.1) is 19.9 Å². The van der Waals surface area contributed by atoms with E-state index < -0.39 is 0 Å². The number of amides is 1. The van der Waals surface area contributed by atoms with Gasteiger partial charge in [-0.2, -0.15) is 0 Å². The summed E-state index contributed by atoms with van der Waals surface area (Å²) in [5.41, 5.74) is 2.72. The molecular formula is C22H23ClN2O3S. The first-order valence-corrected chi connectivity index (χ1v) is 10.3. The van der Waals surface area contributed by atoms with Crippen molar-refractivity contribution in [2.75, 3.05) is 27.8 Å². The van der Waals surface area contributed by atoms with Crippen LogP contribution in [0.5, 0.6) is 11.5 Å². The van der Waals surface area contributed by atoms with Crippen LogP contribution in [-0.2, 0) is 6.42 Å². The first kappa shape index (κ1) is 21.1. The topological polar surface area (TPSA) is 51.7 Å². The maximum absolute atomic E-state index is 12.9. The molecule has 0 unspecified atom stereocenters. The number of hydrogen-bond acceptors (Lipinski definition) is 5. The summed E-state index contributed by atoms with van der Waals surface area (Å²) in [6.45, 7) is 2.44. The van der Waals surface area contributed by atoms with E-state index in [1.807, 2.05) is 49.4 Å². The van der Waals surface area contributed by atoms with Crippen molar-refractivity contribution < 1.29 is 14.3 Å². The summed E-state index contributed by atoms with van der Waals surface area (Å²) in [4.78, 5) is 19.9. The summed E-state index contributed by atoms with van der Waals surface area (Å²) in [5, 5.41) is 1.44. The molecule has 3 aromatic rings. The first-order chi connectivity index (χ1) is 13.9. The number of halogens is 1. The van der Waals surface area contributed by atoms with Crippen LogP contribution in [0, 0.1) is 6.92 Å². The number of aryl methyl sites for hydroxylation is 1. The Kier molecular flexibility index (Phi) is 6.77. The minimum Gasteiger partial charge on any atom is -0.493 e. The van der Waals surface area contributed by atoms with Gasteiger partial charge in [-0.25, -0.2) is 4.98 Å². The summed E-state index contributed by atoms with van der Waals surface area (Å²) < 4.78 is 10.6. The van der Waals surface area contributed by atoms with Crippen molar-refractivity contribution in [3.8, 4) is 22.1 Å². The summed E-state index contributed by atoms with van der Waals surface area (Å²) >= 11 is 7.47. The highest BCUT2D eigenvalue weighted by molar-refractivity contribution is 7.17. The van der Waals surface area contributed by atoms with Crippen molar-refractivity contribution in [2.45, 2.75) is 13.3 Å². The number of carbonyl (C=O) groups is 1. The zero-order chi connectivity index (χ0) is 21.0. The van der Waals surface area contributed by atoms with E-state index in [-0.39, 0.29) is 5.91 Å². The van der Waals surface area contributed by atoms with Crippen LogP contribution in [0.1, 0.15) is 20.9 Å². The molecule has 0 aliphatic carbocycles. The van der Waals surface area contributed by atoms with E-state index >= 15 is 0 Å². The SMILES string of the molecule is COc1ccc(CCN(C)C(=O)c2sc(-c3cccc(Cl)c3)nc2C)cc1OC. The number of ether oxygens (including phenoxy) is 2. The van der Waals surface area contributed by atoms with Crippen molar-refractivity contribution in [1.82, 2.24) is 9.88 Å². The first-order valence-electron chi connectivity index (χ1n) is 9.12. The fourth-order valence-electron chi connectivity index (χ4n) is 2.95. The second-order valence-electron chi connectivity index (χ2n) is 6.61. The standard InChI is InChI=1S/C22H23ClN2O3S/c1-14-20(29-21(24-14)16-6-5-7-17(23)13-16)22(26)25(2)11-10-15-8-9-18(27-3)19(12-15)28-4/h5-9,12-13H,10-11H2,1-4H3. The van der Waals surface area contributed by atoms with E-state index in [1.165, 1.54) is 11.3 Å². The van der Waals surface area contributed by atoms with Gasteiger partial charge in [0.15, 0.2) is 11.5 Å². The van der Waals surface area contributed by atoms with Crippen molar-refractivity contribution in [2.24, 2.45) is 0 Å². The molecule has 0 atom stereocenters. The Bertz CT molecular complexity index is 1020. The molecule has 2 aromatic carbocycles. The van der Waals surface area contributed by atoms with Crippen LogP contribution in [-0.4, -0.2) is 43.6 Å². The molecule has 1 amide bonds. The predicted molar refractivity (Wildman–Crippen MR) is 118 cm³/mol. The molecule has 0 saturated carbocycles. The van der Waals surface area contributed by atoms with Gasteiger partial charge in [-0.3, -0.25) is 4.79 Å². The van der Waals surface area contributed by atoms with Gasteiger partial charge in [-0.05, 0) is 43.2 Å². The molecule has 1 heterocycles. The predicted octanol–water partition coefficient (Wildman–Crippen LogP) is 5.10. The Morgan fingerprint density at radius 3 is 2.59 bits per heavy atom. The number of aromatic nitrogens is 1. The lowest BCUT2D eigenvalue weighted by Gasteiger charge is -2.17. The smallest absolute Gasteiger partial charge is 0.265 e. The minimum absolute atomic E-state index is 0.0336. The van der Waals surface area contributed by atoms with Gasteiger partial charge in [0.2, 0.25) is 0 Å². The molecular weight excluding hydrogens is 408 g/mol. The molecule has 29 heavy (non-hydrogen) atoms. The average Bonchev–Trinajstić information content (AvgIpc) is 3.12. The third kappa shape index (κ3) is 4.89. The summed E-state index contributed by atoms with van der Waals surface area (Å²) in [6, 6.07) is 13.3. The van der Waals surface area contributed by atoms with E-state index in [4.69, 9.17) is 21.1 Å². The number of methoxy groups -OCH3 is 2. The molecule has 152 valence electrons. The molecule has 0 aliphatic heterocycles. The number of rotatable bonds is 7. The van der Waals surface area contributed by atoms with Gasteiger partial charge in [0.25, 0.3) is 5.91 Å². The van der Waals surface area contributed by atoms with E-state index in [1.54, 1.807) is 26.2 Å². The second-order valence-corrected chi connectivity index (χ2v) is 8.05. The third-order valence-electron chi connectivity index (χ3n) is 4.59. The normalized spacial score (nSPS) is 10.7. The largest absolute Gasteiger partial charge is 0.493 e. The Morgan fingerprint density at radius 2 is 1.90 bits per heavy atom. The van der Waals surface area contributed by atoms with E-state index in [9.17, 15) is 4.79 Å². The number of likely N-dealkylation sites (N-methyl/N-ethyl adjacent to an activating group) is 1. The second kappa shape index (κ2) is 9.29. The summed E-state index contributed by atoms with van der Waals surface area (Å²) in [5.74, 6) is 1.34.